The third-order valence-electron chi connectivity index (χ3n) is 3.53. The van der Waals surface area contributed by atoms with Crippen molar-refractivity contribution in [2.45, 2.75) is 0 Å². The predicted molar refractivity (Wildman–Crippen MR) is 105 cm³/mol. The second-order valence-electron chi connectivity index (χ2n) is 5.31. The van der Waals surface area contributed by atoms with Crippen LogP contribution in [0.4, 0.5) is 10.1 Å². The van der Waals surface area contributed by atoms with Crippen molar-refractivity contribution in [2.75, 3.05) is 5.32 Å². The maximum atomic E-state index is 13.6. The molecule has 0 saturated heterocycles. The van der Waals surface area contributed by atoms with Crippen LogP contribution in [-0.2, 0) is 4.79 Å². The van der Waals surface area contributed by atoms with Gasteiger partial charge in [-0.25, -0.2) is 4.39 Å². The molecular formula is C20H12FIN2O2. The molecule has 1 amide bonds. The van der Waals surface area contributed by atoms with Crippen LogP contribution in [0.25, 0.3) is 17.4 Å². The average Bonchev–Trinajstić information content (AvgIpc) is 3.10. The predicted octanol–water partition coefficient (Wildman–Crippen LogP) is 5.24. The van der Waals surface area contributed by atoms with Crippen molar-refractivity contribution in [3.63, 3.8) is 0 Å². The Bertz CT molecular complexity index is 1020. The summed E-state index contributed by atoms with van der Waals surface area (Å²) in [5, 5.41) is 11.6. The Morgan fingerprint density at radius 3 is 2.54 bits per heavy atom. The van der Waals surface area contributed by atoms with E-state index < -0.39 is 11.7 Å². The van der Waals surface area contributed by atoms with Gasteiger partial charge in [0.25, 0.3) is 5.91 Å². The molecule has 0 radical (unpaired) electrons. The van der Waals surface area contributed by atoms with E-state index in [2.05, 4.69) is 27.9 Å². The highest BCUT2D eigenvalue weighted by Gasteiger charge is 2.13. The number of hydrogen-bond donors (Lipinski definition) is 1. The van der Waals surface area contributed by atoms with Crippen LogP contribution >= 0.6 is 22.6 Å². The fourth-order valence-corrected chi connectivity index (χ4v) is 2.60. The second kappa shape index (κ2) is 7.97. The van der Waals surface area contributed by atoms with Gasteiger partial charge < -0.3 is 9.73 Å². The maximum Gasteiger partial charge on any atom is 0.266 e. The monoisotopic (exact) mass is 458 g/mol. The summed E-state index contributed by atoms with van der Waals surface area (Å²) in [4.78, 5) is 12.2. The Morgan fingerprint density at radius 1 is 1.12 bits per heavy atom. The number of nitriles is 1. The number of hydrogen-bond acceptors (Lipinski definition) is 3. The van der Waals surface area contributed by atoms with E-state index in [-0.39, 0.29) is 11.3 Å². The molecular weight excluding hydrogens is 446 g/mol. The lowest BCUT2D eigenvalue weighted by Gasteiger charge is -2.04. The molecule has 4 nitrogen and oxygen atoms in total. The molecule has 1 heterocycles. The summed E-state index contributed by atoms with van der Waals surface area (Å²) in [6.45, 7) is 0. The number of anilines is 1. The summed E-state index contributed by atoms with van der Waals surface area (Å²) in [5.41, 5.74) is 0.716. The standard InChI is InChI=1S/C20H12FIN2O2/c21-17-3-1-2-4-18(17)24-20(25)14(12-23)11-16-9-10-19(26-16)13-5-7-15(22)8-6-13/h1-11H,(H,24,25)/b14-11-. The lowest BCUT2D eigenvalue weighted by atomic mass is 10.2. The number of nitrogens with zero attached hydrogens (tertiary/aromatic N) is 1. The number of benzene rings is 2. The van der Waals surface area contributed by atoms with Crippen LogP contribution in [0.1, 0.15) is 5.76 Å². The molecule has 3 aromatic rings. The Hall–Kier alpha value is -2.92. The summed E-state index contributed by atoms with van der Waals surface area (Å²) in [5.74, 6) is -0.291. The molecule has 26 heavy (non-hydrogen) atoms. The van der Waals surface area contributed by atoms with Crippen molar-refractivity contribution in [1.82, 2.24) is 0 Å². The minimum Gasteiger partial charge on any atom is -0.457 e. The first-order valence-corrected chi connectivity index (χ1v) is 8.68. The number of furan rings is 1. The number of carbonyl (C=O) groups excluding carboxylic acids is 1. The molecule has 6 heteroatoms. The van der Waals surface area contributed by atoms with Crippen LogP contribution in [0.5, 0.6) is 0 Å². The fraction of sp³-hybridized carbons (Fsp3) is 0. The van der Waals surface area contributed by atoms with Gasteiger partial charge in [-0.05, 0) is 59.0 Å². The van der Waals surface area contributed by atoms with Gasteiger partial charge in [-0.3, -0.25) is 4.79 Å². The van der Waals surface area contributed by atoms with Crippen molar-refractivity contribution in [3.8, 4) is 17.4 Å². The van der Waals surface area contributed by atoms with Gasteiger partial charge in [0.2, 0.25) is 0 Å². The number of carbonyl (C=O) groups is 1. The van der Waals surface area contributed by atoms with Crippen LogP contribution < -0.4 is 5.32 Å². The Kier molecular flexibility index (Phi) is 5.49. The normalized spacial score (nSPS) is 11.0. The molecule has 0 aliphatic carbocycles. The van der Waals surface area contributed by atoms with Crippen LogP contribution in [0.2, 0.25) is 0 Å². The van der Waals surface area contributed by atoms with E-state index >= 15 is 0 Å². The van der Waals surface area contributed by atoms with E-state index in [4.69, 9.17) is 4.42 Å². The fourth-order valence-electron chi connectivity index (χ4n) is 2.24. The van der Waals surface area contributed by atoms with Crippen LogP contribution in [0.3, 0.4) is 0 Å². The number of nitrogens with one attached hydrogen (secondary N) is 1. The molecule has 0 atom stereocenters. The van der Waals surface area contributed by atoms with E-state index in [0.29, 0.717) is 11.5 Å². The zero-order chi connectivity index (χ0) is 18.5. The van der Waals surface area contributed by atoms with Gasteiger partial charge in [0.15, 0.2) is 0 Å². The van der Waals surface area contributed by atoms with Crippen LogP contribution in [0.15, 0.2) is 70.7 Å². The molecule has 0 spiro atoms. The third kappa shape index (κ3) is 4.18. The van der Waals surface area contributed by atoms with Crippen LogP contribution in [-0.4, -0.2) is 5.91 Å². The van der Waals surface area contributed by atoms with E-state index in [1.54, 1.807) is 18.2 Å². The third-order valence-corrected chi connectivity index (χ3v) is 4.25. The summed E-state index contributed by atoms with van der Waals surface area (Å²) in [6.07, 6.45) is 1.33. The van der Waals surface area contributed by atoms with Crippen molar-refractivity contribution >= 4 is 40.3 Å². The lowest BCUT2D eigenvalue weighted by molar-refractivity contribution is -0.112. The van der Waals surface area contributed by atoms with Crippen molar-refractivity contribution in [3.05, 3.63) is 81.4 Å². The van der Waals surface area contributed by atoms with Gasteiger partial charge >= 0.3 is 0 Å². The number of para-hydroxylation sites is 1. The lowest BCUT2D eigenvalue weighted by Crippen LogP contribution is -2.14. The number of rotatable bonds is 4. The van der Waals surface area contributed by atoms with Crippen molar-refractivity contribution in [1.29, 1.82) is 5.26 Å². The summed E-state index contributed by atoms with van der Waals surface area (Å²) in [6, 6.07) is 18.7. The zero-order valence-electron chi connectivity index (χ0n) is 13.4. The SMILES string of the molecule is N#C/C(=C/c1ccc(-c2ccc(I)cc2)o1)C(=O)Nc1ccccc1F. The topological polar surface area (TPSA) is 66.0 Å². The quantitative estimate of drug-likeness (QED) is 0.331. The largest absolute Gasteiger partial charge is 0.457 e. The molecule has 0 unspecified atom stereocenters. The van der Waals surface area contributed by atoms with Gasteiger partial charge in [-0.1, -0.05) is 24.3 Å². The van der Waals surface area contributed by atoms with E-state index in [1.807, 2.05) is 30.3 Å². The molecule has 0 aliphatic rings. The Morgan fingerprint density at radius 2 is 1.85 bits per heavy atom. The van der Waals surface area contributed by atoms with Gasteiger partial charge in [0.05, 0.1) is 5.69 Å². The van der Waals surface area contributed by atoms with Crippen molar-refractivity contribution in [2.24, 2.45) is 0 Å². The van der Waals surface area contributed by atoms with E-state index in [1.165, 1.54) is 24.3 Å². The first-order chi connectivity index (χ1) is 12.6. The Labute approximate surface area is 163 Å². The Balaban J connectivity index is 1.81. The molecule has 3 rings (SSSR count). The van der Waals surface area contributed by atoms with Gasteiger partial charge in [0, 0.05) is 15.2 Å². The highest BCUT2D eigenvalue weighted by molar-refractivity contribution is 14.1. The minimum absolute atomic E-state index is 0.0117. The second-order valence-corrected chi connectivity index (χ2v) is 6.56. The van der Waals surface area contributed by atoms with Crippen LogP contribution in [0, 0.1) is 20.7 Å². The number of halogens is 2. The maximum absolute atomic E-state index is 13.6. The molecule has 0 aliphatic heterocycles. The molecule has 1 N–H and O–H groups in total. The molecule has 2 aromatic carbocycles. The first kappa shape index (κ1) is 17.9. The number of amides is 1. The first-order valence-electron chi connectivity index (χ1n) is 7.60. The average molecular weight is 458 g/mol. The molecule has 0 saturated carbocycles. The zero-order valence-corrected chi connectivity index (χ0v) is 15.5. The molecule has 0 bridgehead atoms. The molecule has 0 fully saturated rings. The molecule has 1 aromatic heterocycles. The highest BCUT2D eigenvalue weighted by atomic mass is 127. The molecule has 128 valence electrons. The highest BCUT2D eigenvalue weighted by Crippen LogP contribution is 2.24. The summed E-state index contributed by atoms with van der Waals surface area (Å²) in [7, 11) is 0. The van der Waals surface area contributed by atoms with Gasteiger partial charge in [0.1, 0.15) is 29.0 Å². The van der Waals surface area contributed by atoms with Crippen molar-refractivity contribution < 1.29 is 13.6 Å². The summed E-state index contributed by atoms with van der Waals surface area (Å²) >= 11 is 2.21. The smallest absolute Gasteiger partial charge is 0.266 e. The summed E-state index contributed by atoms with van der Waals surface area (Å²) < 4.78 is 20.4. The van der Waals surface area contributed by atoms with E-state index in [0.717, 1.165) is 9.13 Å². The van der Waals surface area contributed by atoms with Gasteiger partial charge in [-0.15, -0.1) is 0 Å². The van der Waals surface area contributed by atoms with E-state index in [9.17, 15) is 14.4 Å². The minimum atomic E-state index is -0.704. The van der Waals surface area contributed by atoms with Gasteiger partial charge in [-0.2, -0.15) is 5.26 Å².